The van der Waals surface area contributed by atoms with Gasteiger partial charge in [-0.3, -0.25) is 14.5 Å². The summed E-state index contributed by atoms with van der Waals surface area (Å²) in [6, 6.07) is 13.4. The minimum Gasteiger partial charge on any atom is -0.352 e. The fourth-order valence-electron chi connectivity index (χ4n) is 3.17. The zero-order valence-electron chi connectivity index (χ0n) is 15.5. The Labute approximate surface area is 169 Å². The van der Waals surface area contributed by atoms with Crippen molar-refractivity contribution in [1.29, 1.82) is 0 Å². The third-order valence-electron chi connectivity index (χ3n) is 4.81. The van der Waals surface area contributed by atoms with Crippen molar-refractivity contribution in [3.8, 4) is 0 Å². The van der Waals surface area contributed by atoms with Crippen LogP contribution >= 0.6 is 11.6 Å². The minimum atomic E-state index is -0.223. The summed E-state index contributed by atoms with van der Waals surface area (Å²) in [4.78, 5) is 28.3. The minimum absolute atomic E-state index is 0.0157. The first-order valence-electron chi connectivity index (χ1n) is 9.30. The molecular formula is C21H23ClFN3O2. The molecule has 0 aromatic heterocycles. The molecule has 7 heteroatoms. The third-order valence-corrected chi connectivity index (χ3v) is 5.06. The first-order chi connectivity index (χ1) is 13.5. The summed E-state index contributed by atoms with van der Waals surface area (Å²) in [6.07, 6.45) is 0.257. The number of amides is 2. The molecule has 1 aliphatic heterocycles. The van der Waals surface area contributed by atoms with E-state index in [1.165, 1.54) is 6.07 Å². The van der Waals surface area contributed by atoms with E-state index in [1.54, 1.807) is 41.3 Å². The Morgan fingerprint density at radius 3 is 2.36 bits per heavy atom. The van der Waals surface area contributed by atoms with Gasteiger partial charge in [0.2, 0.25) is 5.91 Å². The lowest BCUT2D eigenvalue weighted by atomic mass is 10.2. The quantitative estimate of drug-likeness (QED) is 0.806. The van der Waals surface area contributed by atoms with Gasteiger partial charge in [-0.25, -0.2) is 4.39 Å². The summed E-state index contributed by atoms with van der Waals surface area (Å²) in [5.41, 5.74) is 1.19. The Balaban J connectivity index is 1.38. The molecule has 148 valence electrons. The van der Waals surface area contributed by atoms with Gasteiger partial charge in [0, 0.05) is 61.8 Å². The Morgan fingerprint density at radius 1 is 1.00 bits per heavy atom. The zero-order valence-corrected chi connectivity index (χ0v) is 16.3. The third kappa shape index (κ3) is 5.53. The molecule has 0 atom stereocenters. The highest BCUT2D eigenvalue weighted by molar-refractivity contribution is 6.30. The van der Waals surface area contributed by atoms with Crippen LogP contribution in [0.3, 0.4) is 0 Å². The predicted molar refractivity (Wildman–Crippen MR) is 107 cm³/mol. The molecular weight excluding hydrogens is 381 g/mol. The number of nitrogens with one attached hydrogen (secondary N) is 1. The SMILES string of the molecule is O=C(NCCC(=O)N1CCN(Cc2ccccc2F)CC1)c1ccc(Cl)cc1. The van der Waals surface area contributed by atoms with Crippen molar-refractivity contribution in [1.82, 2.24) is 15.1 Å². The lowest BCUT2D eigenvalue weighted by Gasteiger charge is -2.34. The molecule has 0 aliphatic carbocycles. The van der Waals surface area contributed by atoms with Gasteiger partial charge < -0.3 is 10.2 Å². The van der Waals surface area contributed by atoms with E-state index in [-0.39, 0.29) is 30.6 Å². The molecule has 0 spiro atoms. The fraction of sp³-hybridized carbons (Fsp3) is 0.333. The zero-order chi connectivity index (χ0) is 19.9. The second-order valence-corrected chi connectivity index (χ2v) is 7.20. The number of carbonyl (C=O) groups excluding carboxylic acids is 2. The van der Waals surface area contributed by atoms with Crippen LogP contribution < -0.4 is 5.32 Å². The van der Waals surface area contributed by atoms with E-state index in [0.29, 0.717) is 48.9 Å². The van der Waals surface area contributed by atoms with Crippen molar-refractivity contribution in [2.24, 2.45) is 0 Å². The summed E-state index contributed by atoms with van der Waals surface area (Å²) in [6.45, 7) is 3.47. The van der Waals surface area contributed by atoms with Gasteiger partial charge in [0.15, 0.2) is 0 Å². The topological polar surface area (TPSA) is 52.7 Å². The Morgan fingerprint density at radius 2 is 1.68 bits per heavy atom. The maximum Gasteiger partial charge on any atom is 0.251 e. The number of halogens is 2. The molecule has 1 heterocycles. The van der Waals surface area contributed by atoms with Crippen LogP contribution in [-0.2, 0) is 11.3 Å². The molecule has 2 aromatic carbocycles. The Kier molecular flexibility index (Phi) is 7.01. The highest BCUT2D eigenvalue weighted by Crippen LogP contribution is 2.13. The van der Waals surface area contributed by atoms with Gasteiger partial charge in [0.05, 0.1) is 0 Å². The van der Waals surface area contributed by atoms with E-state index in [9.17, 15) is 14.0 Å². The fourth-order valence-corrected chi connectivity index (χ4v) is 3.29. The van der Waals surface area contributed by atoms with Gasteiger partial charge in [-0.2, -0.15) is 0 Å². The molecule has 1 saturated heterocycles. The van der Waals surface area contributed by atoms with E-state index in [0.717, 1.165) is 0 Å². The van der Waals surface area contributed by atoms with Gasteiger partial charge in [-0.1, -0.05) is 29.8 Å². The normalized spacial score (nSPS) is 14.7. The van der Waals surface area contributed by atoms with Gasteiger partial charge in [0.1, 0.15) is 5.82 Å². The number of benzene rings is 2. The summed E-state index contributed by atoms with van der Waals surface area (Å²) in [5.74, 6) is -0.404. The number of hydrogen-bond donors (Lipinski definition) is 1. The highest BCUT2D eigenvalue weighted by atomic mass is 35.5. The number of piperazine rings is 1. The molecule has 0 saturated carbocycles. The number of hydrogen-bond acceptors (Lipinski definition) is 3. The van der Waals surface area contributed by atoms with Gasteiger partial charge in [-0.15, -0.1) is 0 Å². The average molecular weight is 404 g/mol. The highest BCUT2D eigenvalue weighted by Gasteiger charge is 2.21. The van der Waals surface area contributed by atoms with Crippen LogP contribution in [0.25, 0.3) is 0 Å². The van der Waals surface area contributed by atoms with Crippen molar-refractivity contribution >= 4 is 23.4 Å². The molecule has 0 bridgehead atoms. The van der Waals surface area contributed by atoms with E-state index in [2.05, 4.69) is 10.2 Å². The predicted octanol–water partition coefficient (Wildman–Crippen LogP) is 2.94. The van der Waals surface area contributed by atoms with E-state index in [4.69, 9.17) is 11.6 Å². The molecule has 5 nitrogen and oxygen atoms in total. The summed E-state index contributed by atoms with van der Waals surface area (Å²) < 4.78 is 13.8. The maximum absolute atomic E-state index is 13.8. The van der Waals surface area contributed by atoms with Crippen LogP contribution in [0.5, 0.6) is 0 Å². The summed E-state index contributed by atoms with van der Waals surface area (Å²) in [7, 11) is 0. The second kappa shape index (κ2) is 9.66. The monoisotopic (exact) mass is 403 g/mol. The van der Waals surface area contributed by atoms with Gasteiger partial charge >= 0.3 is 0 Å². The van der Waals surface area contributed by atoms with Crippen LogP contribution in [0.2, 0.25) is 5.02 Å². The standard InChI is InChI=1S/C21H23ClFN3O2/c22-18-7-5-16(6-8-18)21(28)24-10-9-20(27)26-13-11-25(12-14-26)15-17-3-1-2-4-19(17)23/h1-8H,9-15H2,(H,24,28). The maximum atomic E-state index is 13.8. The molecule has 2 amide bonds. The van der Waals surface area contributed by atoms with E-state index < -0.39 is 0 Å². The summed E-state index contributed by atoms with van der Waals surface area (Å²) in [5, 5.41) is 3.32. The lowest BCUT2D eigenvalue weighted by Crippen LogP contribution is -2.48. The van der Waals surface area contributed by atoms with Crippen LogP contribution in [-0.4, -0.2) is 54.3 Å². The first kappa shape index (κ1) is 20.3. The number of nitrogens with zero attached hydrogens (tertiary/aromatic N) is 2. The van der Waals surface area contributed by atoms with Crippen LogP contribution in [0.4, 0.5) is 4.39 Å². The van der Waals surface area contributed by atoms with Crippen LogP contribution in [0.15, 0.2) is 48.5 Å². The van der Waals surface area contributed by atoms with Crippen molar-refractivity contribution in [2.45, 2.75) is 13.0 Å². The molecule has 1 N–H and O–H groups in total. The van der Waals surface area contributed by atoms with Crippen molar-refractivity contribution in [3.63, 3.8) is 0 Å². The van der Waals surface area contributed by atoms with E-state index >= 15 is 0 Å². The molecule has 0 radical (unpaired) electrons. The molecule has 1 aliphatic rings. The van der Waals surface area contributed by atoms with Crippen molar-refractivity contribution < 1.29 is 14.0 Å². The lowest BCUT2D eigenvalue weighted by molar-refractivity contribution is -0.132. The number of rotatable bonds is 6. The molecule has 1 fully saturated rings. The largest absolute Gasteiger partial charge is 0.352 e. The summed E-state index contributed by atoms with van der Waals surface area (Å²) >= 11 is 5.81. The van der Waals surface area contributed by atoms with Crippen LogP contribution in [0, 0.1) is 5.82 Å². The molecule has 3 rings (SSSR count). The smallest absolute Gasteiger partial charge is 0.251 e. The second-order valence-electron chi connectivity index (χ2n) is 6.76. The molecule has 0 unspecified atom stereocenters. The van der Waals surface area contributed by atoms with Gasteiger partial charge in [0.25, 0.3) is 5.91 Å². The van der Waals surface area contributed by atoms with Gasteiger partial charge in [-0.05, 0) is 30.3 Å². The van der Waals surface area contributed by atoms with Crippen molar-refractivity contribution in [3.05, 3.63) is 70.5 Å². The van der Waals surface area contributed by atoms with Crippen LogP contribution in [0.1, 0.15) is 22.3 Å². The Bertz CT molecular complexity index is 821. The van der Waals surface area contributed by atoms with E-state index in [1.807, 2.05) is 6.07 Å². The molecule has 28 heavy (non-hydrogen) atoms. The number of carbonyl (C=O) groups is 2. The molecule has 2 aromatic rings. The first-order valence-corrected chi connectivity index (χ1v) is 9.68. The van der Waals surface area contributed by atoms with Crippen molar-refractivity contribution in [2.75, 3.05) is 32.7 Å². The average Bonchev–Trinajstić information content (AvgIpc) is 2.70. The Hall–Kier alpha value is -2.44.